The van der Waals surface area contributed by atoms with E-state index in [0.717, 1.165) is 21.3 Å². The minimum absolute atomic E-state index is 0.393. The lowest BCUT2D eigenvalue weighted by molar-refractivity contribution is 0.1000. The van der Waals surface area contributed by atoms with Crippen molar-refractivity contribution in [2.45, 2.75) is 20.4 Å². The Balaban J connectivity index is 2.15. The van der Waals surface area contributed by atoms with E-state index in [4.69, 9.17) is 5.73 Å². The number of hydrogen-bond donors (Lipinski definition) is 2. The zero-order chi connectivity index (χ0) is 14.7. The van der Waals surface area contributed by atoms with E-state index >= 15 is 0 Å². The van der Waals surface area contributed by atoms with Gasteiger partial charge in [0, 0.05) is 22.3 Å². The second-order valence-electron chi connectivity index (χ2n) is 4.82. The van der Waals surface area contributed by atoms with Gasteiger partial charge in [-0.3, -0.25) is 4.79 Å². The van der Waals surface area contributed by atoms with Crippen molar-refractivity contribution in [3.05, 3.63) is 63.1 Å². The van der Waals surface area contributed by atoms with Crippen LogP contribution >= 0.6 is 15.9 Å². The van der Waals surface area contributed by atoms with E-state index in [-0.39, 0.29) is 0 Å². The molecule has 0 bridgehead atoms. The van der Waals surface area contributed by atoms with Gasteiger partial charge in [-0.15, -0.1) is 0 Å². The first-order valence-electron chi connectivity index (χ1n) is 6.36. The number of benzene rings is 2. The molecule has 0 aliphatic heterocycles. The van der Waals surface area contributed by atoms with Gasteiger partial charge < -0.3 is 11.1 Å². The molecule has 3 nitrogen and oxygen atoms in total. The number of carbonyl (C=O) groups is 1. The second kappa shape index (κ2) is 6.09. The van der Waals surface area contributed by atoms with E-state index in [9.17, 15) is 4.79 Å². The zero-order valence-corrected chi connectivity index (χ0v) is 13.1. The van der Waals surface area contributed by atoms with Crippen molar-refractivity contribution in [2.24, 2.45) is 5.73 Å². The number of primary amides is 1. The van der Waals surface area contributed by atoms with E-state index in [2.05, 4.69) is 40.3 Å². The molecule has 0 spiro atoms. The van der Waals surface area contributed by atoms with Crippen LogP contribution < -0.4 is 11.1 Å². The van der Waals surface area contributed by atoms with Crippen LogP contribution in [-0.4, -0.2) is 5.91 Å². The molecule has 1 amide bonds. The summed E-state index contributed by atoms with van der Waals surface area (Å²) in [6.07, 6.45) is 0. The third-order valence-corrected chi connectivity index (χ3v) is 3.79. The fourth-order valence-electron chi connectivity index (χ4n) is 2.02. The highest BCUT2D eigenvalue weighted by Gasteiger charge is 2.05. The molecular weight excluding hydrogens is 316 g/mol. The summed E-state index contributed by atoms with van der Waals surface area (Å²) in [6.45, 7) is 4.76. The highest BCUT2D eigenvalue weighted by Crippen LogP contribution is 2.22. The first kappa shape index (κ1) is 14.6. The summed E-state index contributed by atoms with van der Waals surface area (Å²) in [6, 6.07) is 11.7. The largest absolute Gasteiger partial charge is 0.381 e. The van der Waals surface area contributed by atoms with Crippen molar-refractivity contribution in [2.75, 3.05) is 5.32 Å². The minimum Gasteiger partial charge on any atom is -0.381 e. The predicted octanol–water partition coefficient (Wildman–Crippen LogP) is 3.78. The maximum atomic E-state index is 11.1. The lowest BCUT2D eigenvalue weighted by atomic mass is 10.0. The number of nitrogens with one attached hydrogen (secondary N) is 1. The van der Waals surface area contributed by atoms with Crippen molar-refractivity contribution < 1.29 is 4.79 Å². The average molecular weight is 333 g/mol. The van der Waals surface area contributed by atoms with Crippen molar-refractivity contribution in [1.82, 2.24) is 0 Å². The van der Waals surface area contributed by atoms with Gasteiger partial charge in [0.25, 0.3) is 0 Å². The Morgan fingerprint density at radius 2 is 1.90 bits per heavy atom. The van der Waals surface area contributed by atoms with Crippen LogP contribution in [0.3, 0.4) is 0 Å². The Morgan fingerprint density at radius 1 is 1.15 bits per heavy atom. The third kappa shape index (κ3) is 3.39. The Bertz CT molecular complexity index is 653. The maximum absolute atomic E-state index is 11.1. The monoisotopic (exact) mass is 332 g/mol. The standard InChI is InChI=1S/C16H17BrN2O/c1-10-3-6-14(17)8-15(10)19-9-13-5-4-12(16(18)20)7-11(13)2/h3-8,19H,9H2,1-2H3,(H2,18,20). The molecule has 2 rings (SSSR count). The number of halogens is 1. The highest BCUT2D eigenvalue weighted by molar-refractivity contribution is 9.10. The number of aryl methyl sites for hydroxylation is 2. The Hall–Kier alpha value is -1.81. The Morgan fingerprint density at radius 3 is 2.55 bits per heavy atom. The molecule has 0 fully saturated rings. The number of hydrogen-bond acceptors (Lipinski definition) is 2. The van der Waals surface area contributed by atoms with Crippen LogP contribution in [0.4, 0.5) is 5.69 Å². The lowest BCUT2D eigenvalue weighted by Crippen LogP contribution is -2.12. The number of carbonyl (C=O) groups excluding carboxylic acids is 1. The normalized spacial score (nSPS) is 10.3. The number of amides is 1. The summed E-state index contributed by atoms with van der Waals surface area (Å²) in [5.74, 6) is -0.393. The second-order valence-corrected chi connectivity index (χ2v) is 5.73. The SMILES string of the molecule is Cc1cc(C(N)=O)ccc1CNc1cc(Br)ccc1C. The molecule has 0 aromatic heterocycles. The molecule has 2 aromatic carbocycles. The molecule has 3 N–H and O–H groups in total. The van der Waals surface area contributed by atoms with Gasteiger partial charge in [-0.05, 0) is 54.8 Å². The van der Waals surface area contributed by atoms with Crippen LogP contribution in [0, 0.1) is 13.8 Å². The van der Waals surface area contributed by atoms with Gasteiger partial charge in [-0.1, -0.05) is 28.1 Å². The molecule has 20 heavy (non-hydrogen) atoms. The number of anilines is 1. The molecule has 0 aliphatic rings. The smallest absolute Gasteiger partial charge is 0.248 e. The molecule has 0 atom stereocenters. The molecule has 0 aliphatic carbocycles. The summed E-state index contributed by atoms with van der Waals surface area (Å²) in [5, 5.41) is 3.41. The van der Waals surface area contributed by atoms with Gasteiger partial charge in [-0.25, -0.2) is 0 Å². The summed E-state index contributed by atoms with van der Waals surface area (Å²) in [7, 11) is 0. The van der Waals surface area contributed by atoms with Crippen molar-refractivity contribution >= 4 is 27.5 Å². The predicted molar refractivity (Wildman–Crippen MR) is 85.9 cm³/mol. The van der Waals surface area contributed by atoms with E-state index in [1.54, 1.807) is 6.07 Å². The van der Waals surface area contributed by atoms with E-state index in [0.29, 0.717) is 12.1 Å². The average Bonchev–Trinajstić information content (AvgIpc) is 2.40. The van der Waals surface area contributed by atoms with Gasteiger partial charge in [-0.2, -0.15) is 0 Å². The highest BCUT2D eigenvalue weighted by atomic mass is 79.9. The quantitative estimate of drug-likeness (QED) is 0.895. The van der Waals surface area contributed by atoms with Gasteiger partial charge in [0.15, 0.2) is 0 Å². The van der Waals surface area contributed by atoms with Gasteiger partial charge in [0.1, 0.15) is 0 Å². The summed E-state index contributed by atoms with van der Waals surface area (Å²) >= 11 is 3.47. The first-order valence-corrected chi connectivity index (χ1v) is 7.16. The lowest BCUT2D eigenvalue weighted by Gasteiger charge is -2.12. The molecule has 2 aromatic rings. The molecule has 0 unspecified atom stereocenters. The molecule has 104 valence electrons. The van der Waals surface area contributed by atoms with Gasteiger partial charge >= 0.3 is 0 Å². The fraction of sp³-hybridized carbons (Fsp3) is 0.188. The molecule has 0 radical (unpaired) electrons. The van der Waals surface area contributed by atoms with Crippen LogP contribution in [0.1, 0.15) is 27.0 Å². The van der Waals surface area contributed by atoms with Crippen LogP contribution in [0.2, 0.25) is 0 Å². The third-order valence-electron chi connectivity index (χ3n) is 3.30. The first-order chi connectivity index (χ1) is 9.47. The molecule has 0 saturated heterocycles. The van der Waals surface area contributed by atoms with E-state index in [1.807, 2.05) is 25.1 Å². The number of rotatable bonds is 4. The van der Waals surface area contributed by atoms with Crippen LogP contribution in [0.5, 0.6) is 0 Å². The summed E-state index contributed by atoms with van der Waals surface area (Å²) in [4.78, 5) is 11.1. The van der Waals surface area contributed by atoms with Crippen LogP contribution in [0.25, 0.3) is 0 Å². The maximum Gasteiger partial charge on any atom is 0.248 e. The van der Waals surface area contributed by atoms with E-state index in [1.165, 1.54) is 5.56 Å². The zero-order valence-electron chi connectivity index (χ0n) is 11.5. The topological polar surface area (TPSA) is 55.1 Å². The minimum atomic E-state index is -0.393. The van der Waals surface area contributed by atoms with Gasteiger partial charge in [0.05, 0.1) is 0 Å². The Kier molecular flexibility index (Phi) is 4.45. The van der Waals surface area contributed by atoms with Crippen molar-refractivity contribution in [1.29, 1.82) is 0 Å². The summed E-state index contributed by atoms with van der Waals surface area (Å²) in [5.41, 5.74) is 10.3. The van der Waals surface area contributed by atoms with Crippen molar-refractivity contribution in [3.63, 3.8) is 0 Å². The van der Waals surface area contributed by atoms with Gasteiger partial charge in [0.2, 0.25) is 5.91 Å². The number of nitrogens with two attached hydrogens (primary N) is 1. The molecular formula is C16H17BrN2O. The molecule has 0 saturated carbocycles. The summed E-state index contributed by atoms with van der Waals surface area (Å²) < 4.78 is 1.05. The van der Waals surface area contributed by atoms with Crippen LogP contribution in [0.15, 0.2) is 40.9 Å². The van der Waals surface area contributed by atoms with Crippen molar-refractivity contribution in [3.8, 4) is 0 Å². The van der Waals surface area contributed by atoms with Crippen LogP contribution in [-0.2, 0) is 6.54 Å². The fourth-order valence-corrected chi connectivity index (χ4v) is 2.38. The molecule has 0 heterocycles. The molecule has 4 heteroatoms. The van der Waals surface area contributed by atoms with E-state index < -0.39 is 5.91 Å². The Labute approximate surface area is 127 Å².